The number of aliphatic imine (C=N–C) groups is 1. The SMILES string of the molecule is CC1CC2CSC(N)=NC2(c2nc(NC(=O)c3ccon3)cs2)CO1. The molecule has 2 aromatic rings. The van der Waals surface area contributed by atoms with E-state index in [9.17, 15) is 4.79 Å². The van der Waals surface area contributed by atoms with Gasteiger partial charge in [0.2, 0.25) is 0 Å². The van der Waals surface area contributed by atoms with Crippen molar-refractivity contribution in [2.75, 3.05) is 17.7 Å². The maximum Gasteiger partial charge on any atom is 0.279 e. The zero-order valence-electron chi connectivity index (χ0n) is 13.5. The van der Waals surface area contributed by atoms with Gasteiger partial charge in [0.1, 0.15) is 22.6 Å². The largest absolute Gasteiger partial charge is 0.379 e. The number of nitrogens with one attached hydrogen (secondary N) is 1. The summed E-state index contributed by atoms with van der Waals surface area (Å²) in [7, 11) is 0. The zero-order valence-corrected chi connectivity index (χ0v) is 15.1. The highest BCUT2D eigenvalue weighted by molar-refractivity contribution is 8.13. The van der Waals surface area contributed by atoms with Crippen molar-refractivity contribution in [3.8, 4) is 0 Å². The Morgan fingerprint density at radius 2 is 2.40 bits per heavy atom. The van der Waals surface area contributed by atoms with Crippen molar-refractivity contribution in [1.29, 1.82) is 0 Å². The molecule has 0 radical (unpaired) electrons. The van der Waals surface area contributed by atoms with Crippen LogP contribution >= 0.6 is 23.1 Å². The van der Waals surface area contributed by atoms with Crippen LogP contribution in [0.3, 0.4) is 0 Å². The molecular formula is C15H17N5O3S2. The fraction of sp³-hybridized carbons (Fsp3) is 0.467. The lowest BCUT2D eigenvalue weighted by Gasteiger charge is -2.44. The van der Waals surface area contributed by atoms with Gasteiger partial charge in [0.25, 0.3) is 5.91 Å². The maximum absolute atomic E-state index is 12.1. The number of ether oxygens (including phenoxy) is 1. The van der Waals surface area contributed by atoms with Crippen LogP contribution in [-0.2, 0) is 10.3 Å². The number of anilines is 1. The third-order valence-electron chi connectivity index (χ3n) is 4.41. The lowest BCUT2D eigenvalue weighted by Crippen LogP contribution is -2.49. The van der Waals surface area contributed by atoms with Crippen LogP contribution in [0, 0.1) is 5.92 Å². The molecule has 4 rings (SSSR count). The number of amides is 1. The van der Waals surface area contributed by atoms with E-state index in [4.69, 9.17) is 15.5 Å². The minimum Gasteiger partial charge on any atom is -0.379 e. The fourth-order valence-corrected chi connectivity index (χ4v) is 5.09. The number of carbonyl (C=O) groups is 1. The van der Waals surface area contributed by atoms with Gasteiger partial charge in [0, 0.05) is 23.1 Å². The summed E-state index contributed by atoms with van der Waals surface area (Å²) in [5, 5.41) is 9.51. The Kier molecular flexibility index (Phi) is 4.26. The smallest absolute Gasteiger partial charge is 0.279 e. The third kappa shape index (κ3) is 3.05. The molecule has 0 spiro atoms. The molecule has 3 unspecified atom stereocenters. The first-order chi connectivity index (χ1) is 12.1. The molecule has 1 saturated heterocycles. The monoisotopic (exact) mass is 379 g/mol. The van der Waals surface area contributed by atoms with E-state index in [1.807, 2.05) is 0 Å². The number of hydrogen-bond acceptors (Lipinski definition) is 9. The van der Waals surface area contributed by atoms with E-state index in [0.29, 0.717) is 23.5 Å². The number of amidine groups is 1. The fourth-order valence-electron chi connectivity index (χ4n) is 3.12. The highest BCUT2D eigenvalue weighted by Gasteiger charge is 2.49. The van der Waals surface area contributed by atoms with Gasteiger partial charge in [-0.05, 0) is 13.3 Å². The topological polar surface area (TPSA) is 116 Å². The highest BCUT2D eigenvalue weighted by Crippen LogP contribution is 2.46. The summed E-state index contributed by atoms with van der Waals surface area (Å²) >= 11 is 3.03. The highest BCUT2D eigenvalue weighted by atomic mass is 32.2. The Morgan fingerprint density at radius 1 is 1.52 bits per heavy atom. The number of nitrogens with two attached hydrogens (primary N) is 1. The van der Waals surface area contributed by atoms with Gasteiger partial charge in [-0.2, -0.15) is 0 Å². The second kappa shape index (κ2) is 6.43. The van der Waals surface area contributed by atoms with Crippen molar-refractivity contribution < 1.29 is 14.1 Å². The van der Waals surface area contributed by atoms with Crippen LogP contribution < -0.4 is 11.1 Å². The average molecular weight is 379 g/mol. The molecule has 0 bridgehead atoms. The number of fused-ring (bicyclic) bond motifs is 1. The van der Waals surface area contributed by atoms with Crippen molar-refractivity contribution >= 4 is 40.0 Å². The normalized spacial score (nSPS) is 28.9. The van der Waals surface area contributed by atoms with Crippen LogP contribution in [0.25, 0.3) is 0 Å². The van der Waals surface area contributed by atoms with E-state index in [2.05, 4.69) is 26.9 Å². The zero-order chi connectivity index (χ0) is 17.4. The molecule has 0 aliphatic carbocycles. The van der Waals surface area contributed by atoms with Crippen LogP contribution in [0.2, 0.25) is 0 Å². The lowest BCUT2D eigenvalue weighted by atomic mass is 9.80. The molecule has 2 aliphatic heterocycles. The van der Waals surface area contributed by atoms with Crippen molar-refractivity contribution in [2.45, 2.75) is 25.0 Å². The summed E-state index contributed by atoms with van der Waals surface area (Å²) in [6, 6.07) is 1.50. The first kappa shape index (κ1) is 16.6. The van der Waals surface area contributed by atoms with Crippen molar-refractivity contribution in [1.82, 2.24) is 10.1 Å². The van der Waals surface area contributed by atoms with Crippen LogP contribution in [-0.4, -0.2) is 39.7 Å². The molecule has 25 heavy (non-hydrogen) atoms. The Bertz CT molecular complexity index is 806. The lowest BCUT2D eigenvalue weighted by molar-refractivity contribution is -0.0466. The van der Waals surface area contributed by atoms with E-state index in [1.54, 1.807) is 17.1 Å². The first-order valence-corrected chi connectivity index (χ1v) is 9.71. The molecule has 0 aromatic carbocycles. The van der Waals surface area contributed by atoms with E-state index in [0.717, 1.165) is 17.2 Å². The van der Waals surface area contributed by atoms with Crippen molar-refractivity contribution in [3.05, 3.63) is 28.4 Å². The van der Waals surface area contributed by atoms with Crippen LogP contribution in [0.5, 0.6) is 0 Å². The molecule has 1 amide bonds. The van der Waals surface area contributed by atoms with Crippen LogP contribution in [0.4, 0.5) is 5.82 Å². The molecule has 2 aromatic heterocycles. The molecule has 0 saturated carbocycles. The maximum atomic E-state index is 12.1. The van der Waals surface area contributed by atoms with Crippen molar-refractivity contribution in [2.24, 2.45) is 16.6 Å². The van der Waals surface area contributed by atoms with Gasteiger partial charge < -0.3 is 20.3 Å². The van der Waals surface area contributed by atoms with Gasteiger partial charge in [-0.3, -0.25) is 4.79 Å². The standard InChI is InChI=1S/C15H17N5O3S2/c1-8-4-9-5-25-14(16)19-15(9,7-22-8)13-18-11(6-24-13)17-12(21)10-2-3-23-20-10/h2-3,6,8-9H,4-5,7H2,1H3,(H2,16,19)(H,17,21). The second-order valence-corrected chi connectivity index (χ2v) is 8.01. The van der Waals surface area contributed by atoms with Gasteiger partial charge in [-0.15, -0.1) is 11.3 Å². The molecule has 132 valence electrons. The van der Waals surface area contributed by atoms with Gasteiger partial charge in [0.15, 0.2) is 10.9 Å². The van der Waals surface area contributed by atoms with Gasteiger partial charge in [0.05, 0.1) is 12.7 Å². The number of thiazole rings is 1. The predicted octanol–water partition coefficient (Wildman–Crippen LogP) is 2.07. The number of aromatic nitrogens is 2. The number of nitrogens with zero attached hydrogens (tertiary/aromatic N) is 3. The average Bonchev–Trinajstić information content (AvgIpc) is 3.27. The number of hydrogen-bond donors (Lipinski definition) is 2. The summed E-state index contributed by atoms with van der Waals surface area (Å²) < 4.78 is 10.6. The quantitative estimate of drug-likeness (QED) is 0.838. The Balaban J connectivity index is 1.61. The molecule has 1 fully saturated rings. The first-order valence-electron chi connectivity index (χ1n) is 7.84. The number of thioether (sulfide) groups is 1. The number of carbonyl (C=O) groups excluding carboxylic acids is 1. The molecule has 3 N–H and O–H groups in total. The van der Waals surface area contributed by atoms with E-state index >= 15 is 0 Å². The van der Waals surface area contributed by atoms with E-state index in [-0.39, 0.29) is 17.7 Å². The van der Waals surface area contributed by atoms with Gasteiger partial charge >= 0.3 is 0 Å². The predicted molar refractivity (Wildman–Crippen MR) is 95.8 cm³/mol. The van der Waals surface area contributed by atoms with Gasteiger partial charge in [-0.1, -0.05) is 16.9 Å². The molecule has 8 nitrogen and oxygen atoms in total. The van der Waals surface area contributed by atoms with Crippen LogP contribution in [0.15, 0.2) is 27.2 Å². The molecular weight excluding hydrogens is 362 g/mol. The minimum atomic E-state index is -0.566. The number of rotatable bonds is 3. The summed E-state index contributed by atoms with van der Waals surface area (Å²) in [5.74, 6) is 1.30. The summed E-state index contributed by atoms with van der Waals surface area (Å²) in [4.78, 5) is 21.4. The second-order valence-electron chi connectivity index (χ2n) is 6.12. The van der Waals surface area contributed by atoms with E-state index in [1.165, 1.54) is 23.7 Å². The van der Waals surface area contributed by atoms with Crippen molar-refractivity contribution in [3.63, 3.8) is 0 Å². The van der Waals surface area contributed by atoms with Crippen LogP contribution in [0.1, 0.15) is 28.8 Å². The molecule has 4 heterocycles. The minimum absolute atomic E-state index is 0.194. The Morgan fingerprint density at radius 3 is 3.20 bits per heavy atom. The third-order valence-corrected chi connectivity index (χ3v) is 6.37. The summed E-state index contributed by atoms with van der Waals surface area (Å²) in [5.41, 5.74) is 5.64. The molecule has 3 atom stereocenters. The Labute approximate surface area is 152 Å². The molecule has 10 heteroatoms. The summed E-state index contributed by atoms with van der Waals surface area (Å²) in [6.45, 7) is 2.52. The summed E-state index contributed by atoms with van der Waals surface area (Å²) in [6.07, 6.45) is 2.45. The Hall–Kier alpha value is -1.91. The van der Waals surface area contributed by atoms with Gasteiger partial charge in [-0.25, -0.2) is 9.98 Å². The van der Waals surface area contributed by atoms with E-state index < -0.39 is 5.54 Å². The molecule has 2 aliphatic rings.